The number of carbonyl (C=O) groups is 1. The van der Waals surface area contributed by atoms with E-state index in [1.807, 2.05) is 0 Å². The van der Waals surface area contributed by atoms with Gasteiger partial charge in [0.1, 0.15) is 0 Å². The Labute approximate surface area is 133 Å². The van der Waals surface area contributed by atoms with Gasteiger partial charge in [0.2, 0.25) is 0 Å². The molecule has 2 nitrogen and oxygen atoms in total. The number of benzene rings is 1. The molecule has 124 valence electrons. The number of nitrogens with one attached hydrogen (secondary N) is 1. The molecule has 0 aliphatic heterocycles. The molecule has 0 aromatic heterocycles. The van der Waals surface area contributed by atoms with Gasteiger partial charge in [-0.1, -0.05) is 0 Å². The third kappa shape index (κ3) is 2.74. The molecule has 1 N–H and O–H groups in total. The summed E-state index contributed by atoms with van der Waals surface area (Å²) in [5.41, 5.74) is -0.407. The SMILES string of the molecule is O=C(NC1C2CC3CC(C2)CC1C3)c1ccc(C(F)(F)F)cc1. The monoisotopic (exact) mass is 323 g/mol. The fraction of sp³-hybridized carbons (Fsp3) is 0.611. The van der Waals surface area contributed by atoms with Gasteiger partial charge in [0.05, 0.1) is 5.56 Å². The summed E-state index contributed by atoms with van der Waals surface area (Å²) in [6, 6.07) is 4.71. The zero-order valence-corrected chi connectivity index (χ0v) is 12.8. The van der Waals surface area contributed by atoms with Crippen LogP contribution in [0.5, 0.6) is 0 Å². The van der Waals surface area contributed by atoms with Gasteiger partial charge in [-0.05, 0) is 80.0 Å². The molecule has 4 bridgehead atoms. The van der Waals surface area contributed by atoms with Gasteiger partial charge >= 0.3 is 6.18 Å². The maximum atomic E-state index is 12.6. The van der Waals surface area contributed by atoms with Crippen LogP contribution in [-0.2, 0) is 6.18 Å². The molecule has 4 aliphatic carbocycles. The second-order valence-electron chi connectivity index (χ2n) is 7.51. The minimum Gasteiger partial charge on any atom is -0.349 e. The summed E-state index contributed by atoms with van der Waals surface area (Å²) in [6.07, 6.45) is 1.79. The van der Waals surface area contributed by atoms with Crippen LogP contribution in [0.1, 0.15) is 48.0 Å². The minimum absolute atomic E-state index is 0.206. The minimum atomic E-state index is -4.36. The van der Waals surface area contributed by atoms with E-state index < -0.39 is 11.7 Å². The number of rotatable bonds is 2. The molecule has 1 amide bonds. The van der Waals surface area contributed by atoms with E-state index in [0.717, 1.165) is 24.0 Å². The van der Waals surface area contributed by atoms with Gasteiger partial charge in [-0.2, -0.15) is 13.2 Å². The third-order valence-corrected chi connectivity index (χ3v) is 6.00. The lowest BCUT2D eigenvalue weighted by Gasteiger charge is -2.54. The van der Waals surface area contributed by atoms with E-state index in [1.54, 1.807) is 0 Å². The molecule has 0 saturated heterocycles. The van der Waals surface area contributed by atoms with Crippen LogP contribution in [0.2, 0.25) is 0 Å². The number of hydrogen-bond donors (Lipinski definition) is 1. The highest BCUT2D eigenvalue weighted by molar-refractivity contribution is 5.94. The van der Waals surface area contributed by atoms with Gasteiger partial charge in [0.25, 0.3) is 5.91 Å². The molecule has 4 saturated carbocycles. The number of alkyl halides is 3. The lowest BCUT2D eigenvalue weighted by molar-refractivity contribution is -0.137. The van der Waals surface area contributed by atoms with Gasteiger partial charge in [0, 0.05) is 11.6 Å². The molecule has 0 heterocycles. The summed E-state index contributed by atoms with van der Waals surface area (Å²) in [7, 11) is 0. The highest BCUT2D eigenvalue weighted by atomic mass is 19.4. The van der Waals surface area contributed by atoms with Crippen LogP contribution in [0.15, 0.2) is 24.3 Å². The van der Waals surface area contributed by atoms with E-state index in [9.17, 15) is 18.0 Å². The van der Waals surface area contributed by atoms with E-state index in [4.69, 9.17) is 0 Å². The van der Waals surface area contributed by atoms with E-state index >= 15 is 0 Å². The van der Waals surface area contributed by atoms with Crippen molar-refractivity contribution in [3.63, 3.8) is 0 Å². The first-order chi connectivity index (χ1) is 10.9. The Morgan fingerprint density at radius 1 is 0.913 bits per heavy atom. The van der Waals surface area contributed by atoms with Crippen LogP contribution in [0, 0.1) is 23.7 Å². The van der Waals surface area contributed by atoms with Crippen molar-refractivity contribution >= 4 is 5.91 Å². The van der Waals surface area contributed by atoms with Crippen molar-refractivity contribution < 1.29 is 18.0 Å². The summed E-state index contributed by atoms with van der Waals surface area (Å²) in [5.74, 6) is 2.54. The fourth-order valence-electron chi connectivity index (χ4n) is 5.21. The van der Waals surface area contributed by atoms with Crippen molar-refractivity contribution in [3.8, 4) is 0 Å². The lowest BCUT2D eigenvalue weighted by Crippen LogP contribution is -2.55. The number of carbonyl (C=O) groups excluding carboxylic acids is 1. The fourth-order valence-corrected chi connectivity index (χ4v) is 5.21. The smallest absolute Gasteiger partial charge is 0.349 e. The first-order valence-electron chi connectivity index (χ1n) is 8.38. The quantitative estimate of drug-likeness (QED) is 0.866. The van der Waals surface area contributed by atoms with E-state index in [2.05, 4.69) is 5.32 Å². The number of halogens is 3. The van der Waals surface area contributed by atoms with Gasteiger partial charge in [-0.15, -0.1) is 0 Å². The molecule has 4 fully saturated rings. The summed E-state index contributed by atoms with van der Waals surface area (Å²) in [6.45, 7) is 0. The average Bonchev–Trinajstić information content (AvgIpc) is 2.49. The van der Waals surface area contributed by atoms with Crippen molar-refractivity contribution in [2.75, 3.05) is 0 Å². The van der Waals surface area contributed by atoms with Gasteiger partial charge < -0.3 is 5.32 Å². The largest absolute Gasteiger partial charge is 0.416 e. The highest BCUT2D eigenvalue weighted by Crippen LogP contribution is 2.53. The first kappa shape index (κ1) is 15.0. The molecule has 1 aromatic carbocycles. The van der Waals surface area contributed by atoms with Crippen LogP contribution >= 0.6 is 0 Å². The van der Waals surface area contributed by atoms with Crippen LogP contribution < -0.4 is 5.32 Å². The average molecular weight is 323 g/mol. The van der Waals surface area contributed by atoms with Crippen LogP contribution in [0.4, 0.5) is 13.2 Å². The lowest BCUT2D eigenvalue weighted by atomic mass is 9.54. The van der Waals surface area contributed by atoms with Crippen LogP contribution in [-0.4, -0.2) is 11.9 Å². The third-order valence-electron chi connectivity index (χ3n) is 6.00. The molecule has 23 heavy (non-hydrogen) atoms. The Kier molecular flexibility index (Phi) is 3.43. The van der Waals surface area contributed by atoms with Crippen LogP contribution in [0.25, 0.3) is 0 Å². The zero-order valence-electron chi connectivity index (χ0n) is 12.8. The number of amides is 1. The maximum Gasteiger partial charge on any atom is 0.416 e. The molecule has 5 heteroatoms. The predicted molar refractivity (Wildman–Crippen MR) is 79.7 cm³/mol. The highest BCUT2D eigenvalue weighted by Gasteiger charge is 2.48. The van der Waals surface area contributed by atoms with Crippen molar-refractivity contribution in [3.05, 3.63) is 35.4 Å². The van der Waals surface area contributed by atoms with Gasteiger partial charge in [-0.3, -0.25) is 4.79 Å². The molecular formula is C18H20F3NO. The first-order valence-corrected chi connectivity index (χ1v) is 8.38. The second-order valence-corrected chi connectivity index (χ2v) is 7.51. The predicted octanol–water partition coefficient (Wildman–Crippen LogP) is 4.26. The molecule has 0 atom stereocenters. The Morgan fingerprint density at radius 3 is 1.91 bits per heavy atom. The Morgan fingerprint density at radius 2 is 1.43 bits per heavy atom. The topological polar surface area (TPSA) is 29.1 Å². The summed E-state index contributed by atoms with van der Waals surface area (Å²) in [5, 5.41) is 3.12. The number of hydrogen-bond acceptors (Lipinski definition) is 1. The summed E-state index contributed by atoms with van der Waals surface area (Å²) < 4.78 is 37.8. The van der Waals surface area contributed by atoms with Crippen LogP contribution in [0.3, 0.4) is 0 Å². The molecule has 0 unspecified atom stereocenters. The molecule has 0 spiro atoms. The Balaban J connectivity index is 1.46. The maximum absolute atomic E-state index is 12.6. The Hall–Kier alpha value is -1.52. The van der Waals surface area contributed by atoms with Crippen molar-refractivity contribution in [2.24, 2.45) is 23.7 Å². The standard InChI is InChI=1S/C18H20F3NO/c19-18(20,21)15-3-1-12(2-4-15)17(23)22-16-13-6-10-5-11(8-13)9-14(16)7-10/h1-4,10-11,13-14,16H,5-9H2,(H,22,23). The normalized spacial score (nSPS) is 35.3. The second kappa shape index (κ2) is 5.25. The molecule has 1 aromatic rings. The van der Waals surface area contributed by atoms with E-state index in [-0.39, 0.29) is 11.9 Å². The molecule has 4 aliphatic rings. The summed E-state index contributed by atoms with van der Waals surface area (Å²) >= 11 is 0. The van der Waals surface area contributed by atoms with E-state index in [1.165, 1.54) is 44.2 Å². The van der Waals surface area contributed by atoms with Crippen molar-refractivity contribution in [2.45, 2.75) is 44.3 Å². The van der Waals surface area contributed by atoms with E-state index in [0.29, 0.717) is 17.4 Å². The van der Waals surface area contributed by atoms with Gasteiger partial charge in [-0.25, -0.2) is 0 Å². The van der Waals surface area contributed by atoms with Gasteiger partial charge in [0.15, 0.2) is 0 Å². The van der Waals surface area contributed by atoms with Crippen molar-refractivity contribution in [1.29, 1.82) is 0 Å². The van der Waals surface area contributed by atoms with Crippen molar-refractivity contribution in [1.82, 2.24) is 5.32 Å². The summed E-state index contributed by atoms with van der Waals surface area (Å²) in [4.78, 5) is 12.4. The molecular weight excluding hydrogens is 303 g/mol. The zero-order chi connectivity index (χ0) is 16.2. The molecule has 0 radical (unpaired) electrons. The molecule has 5 rings (SSSR count). The Bertz CT molecular complexity index is 580.